The van der Waals surface area contributed by atoms with E-state index in [0.29, 0.717) is 12.3 Å². The highest BCUT2D eigenvalue weighted by molar-refractivity contribution is 6.27. The third kappa shape index (κ3) is 5.30. The van der Waals surface area contributed by atoms with Gasteiger partial charge in [0.15, 0.2) is 0 Å². The predicted molar refractivity (Wildman–Crippen MR) is 98.1 cm³/mol. The molecule has 0 radical (unpaired) electrons. The van der Waals surface area contributed by atoms with Crippen molar-refractivity contribution in [3.05, 3.63) is 17.7 Å². The minimum Gasteiger partial charge on any atom is -0.473 e. The molecule has 27 heavy (non-hydrogen) atoms. The van der Waals surface area contributed by atoms with Gasteiger partial charge in [-0.25, -0.2) is 14.6 Å². The molecule has 0 saturated heterocycles. The number of amides is 1. The Morgan fingerprint density at radius 1 is 1.19 bits per heavy atom. The lowest BCUT2D eigenvalue weighted by Gasteiger charge is -2.41. The molecule has 3 N–H and O–H groups in total. The van der Waals surface area contributed by atoms with Gasteiger partial charge in [-0.05, 0) is 26.2 Å². The molecule has 1 aliphatic heterocycles. The standard InChI is InChI=1S/C17H27N3O.C2H2O4/c1-17(2)16-14(18-12-19-16)10-11-20(17)15(21)9-8-13-6-4-3-5-7-13;3-1(4)2(5)6/h12-13H,3-11H2,1-2H3,(H,18,19);(H,3,4)(H,5,6). The van der Waals surface area contributed by atoms with Gasteiger partial charge in [-0.1, -0.05) is 32.1 Å². The highest BCUT2D eigenvalue weighted by atomic mass is 16.4. The molecule has 1 saturated carbocycles. The summed E-state index contributed by atoms with van der Waals surface area (Å²) in [5.41, 5.74) is 1.95. The lowest BCUT2D eigenvalue weighted by molar-refractivity contribution is -0.159. The molecule has 2 heterocycles. The molecule has 0 atom stereocenters. The van der Waals surface area contributed by atoms with E-state index in [2.05, 4.69) is 23.8 Å². The van der Waals surface area contributed by atoms with Gasteiger partial charge in [0.25, 0.3) is 0 Å². The summed E-state index contributed by atoms with van der Waals surface area (Å²) < 4.78 is 0. The number of imidazole rings is 1. The van der Waals surface area contributed by atoms with Gasteiger partial charge in [0.2, 0.25) is 5.91 Å². The number of nitrogens with zero attached hydrogens (tertiary/aromatic N) is 2. The zero-order valence-electron chi connectivity index (χ0n) is 16.0. The molecule has 1 amide bonds. The van der Waals surface area contributed by atoms with Crippen LogP contribution < -0.4 is 0 Å². The Kier molecular flexibility index (Phi) is 6.98. The fourth-order valence-electron chi connectivity index (χ4n) is 4.04. The largest absolute Gasteiger partial charge is 0.473 e. The number of carbonyl (C=O) groups excluding carboxylic acids is 1. The van der Waals surface area contributed by atoms with Gasteiger partial charge in [0.05, 0.1) is 17.6 Å². The number of aromatic amines is 1. The van der Waals surface area contributed by atoms with Crippen LogP contribution in [0.3, 0.4) is 0 Å². The maximum absolute atomic E-state index is 12.7. The molecule has 1 aromatic heterocycles. The lowest BCUT2D eigenvalue weighted by Crippen LogP contribution is -2.50. The van der Waals surface area contributed by atoms with Gasteiger partial charge < -0.3 is 20.1 Å². The number of carboxylic acids is 2. The van der Waals surface area contributed by atoms with E-state index in [1.54, 1.807) is 6.33 Å². The zero-order valence-corrected chi connectivity index (χ0v) is 16.0. The van der Waals surface area contributed by atoms with E-state index in [1.165, 1.54) is 37.8 Å². The van der Waals surface area contributed by atoms with E-state index in [0.717, 1.165) is 31.0 Å². The van der Waals surface area contributed by atoms with Gasteiger partial charge in [-0.3, -0.25) is 4.79 Å². The van der Waals surface area contributed by atoms with Gasteiger partial charge in [0, 0.05) is 25.1 Å². The van der Waals surface area contributed by atoms with Crippen molar-refractivity contribution < 1.29 is 24.6 Å². The van der Waals surface area contributed by atoms with Crippen molar-refractivity contribution in [3.8, 4) is 0 Å². The van der Waals surface area contributed by atoms with Crippen LogP contribution in [0.5, 0.6) is 0 Å². The Morgan fingerprint density at radius 2 is 1.81 bits per heavy atom. The molecule has 1 aromatic rings. The molecule has 2 aliphatic rings. The first kappa shape index (κ1) is 20.9. The van der Waals surface area contributed by atoms with Gasteiger partial charge >= 0.3 is 11.9 Å². The quantitative estimate of drug-likeness (QED) is 0.694. The number of hydrogen-bond acceptors (Lipinski definition) is 4. The molecule has 0 aromatic carbocycles. The molecule has 1 fully saturated rings. The summed E-state index contributed by atoms with van der Waals surface area (Å²) in [6.45, 7) is 5.04. The second-order valence-corrected chi connectivity index (χ2v) is 7.74. The van der Waals surface area contributed by atoms with E-state index in [1.807, 2.05) is 4.90 Å². The number of aromatic nitrogens is 2. The summed E-state index contributed by atoms with van der Waals surface area (Å²) >= 11 is 0. The van der Waals surface area contributed by atoms with Crippen molar-refractivity contribution in [2.45, 2.75) is 70.8 Å². The van der Waals surface area contributed by atoms with Crippen molar-refractivity contribution >= 4 is 17.8 Å². The minimum atomic E-state index is -1.82. The van der Waals surface area contributed by atoms with Gasteiger partial charge in [0.1, 0.15) is 0 Å². The third-order valence-corrected chi connectivity index (χ3v) is 5.53. The molecule has 8 nitrogen and oxygen atoms in total. The second-order valence-electron chi connectivity index (χ2n) is 7.74. The average molecular weight is 379 g/mol. The molecule has 150 valence electrons. The van der Waals surface area contributed by atoms with Gasteiger partial charge in [-0.2, -0.15) is 0 Å². The van der Waals surface area contributed by atoms with Crippen molar-refractivity contribution in [2.75, 3.05) is 6.54 Å². The highest BCUT2D eigenvalue weighted by Crippen LogP contribution is 2.34. The maximum atomic E-state index is 12.7. The van der Waals surface area contributed by atoms with Crippen LogP contribution in [0, 0.1) is 5.92 Å². The molecule has 1 aliphatic carbocycles. The Morgan fingerprint density at radius 3 is 2.41 bits per heavy atom. The second kappa shape index (κ2) is 9.01. The number of nitrogens with one attached hydrogen (secondary N) is 1. The van der Waals surface area contributed by atoms with Crippen molar-refractivity contribution in [3.63, 3.8) is 0 Å². The topological polar surface area (TPSA) is 124 Å². The van der Waals surface area contributed by atoms with Crippen LogP contribution in [0.4, 0.5) is 0 Å². The number of fused-ring (bicyclic) bond motifs is 1. The SMILES string of the molecule is CC1(C)c2nc[nH]c2CCN1C(=O)CCC1CCCCC1.O=C(O)C(=O)O. The molecule has 3 rings (SSSR count). The Bertz CT molecular complexity index is 665. The Labute approximate surface area is 159 Å². The lowest BCUT2D eigenvalue weighted by atomic mass is 9.85. The molecular formula is C19H29N3O5. The van der Waals surface area contributed by atoms with E-state index in [4.69, 9.17) is 19.8 Å². The van der Waals surface area contributed by atoms with E-state index < -0.39 is 11.9 Å². The summed E-state index contributed by atoms with van der Waals surface area (Å²) in [5.74, 6) is -2.57. The molecular weight excluding hydrogens is 350 g/mol. The fourth-order valence-corrected chi connectivity index (χ4v) is 4.04. The van der Waals surface area contributed by atoms with Crippen molar-refractivity contribution in [2.24, 2.45) is 5.92 Å². The number of hydrogen-bond donors (Lipinski definition) is 3. The molecule has 0 spiro atoms. The average Bonchev–Trinajstić information content (AvgIpc) is 3.11. The third-order valence-electron chi connectivity index (χ3n) is 5.53. The maximum Gasteiger partial charge on any atom is 0.414 e. The summed E-state index contributed by atoms with van der Waals surface area (Å²) in [6.07, 6.45) is 11.1. The van der Waals surface area contributed by atoms with Crippen molar-refractivity contribution in [1.82, 2.24) is 14.9 Å². The number of carbonyl (C=O) groups is 3. The number of carboxylic acid groups (broad SMARTS) is 2. The summed E-state index contributed by atoms with van der Waals surface area (Å²) in [6, 6.07) is 0. The van der Waals surface area contributed by atoms with Crippen LogP contribution in [-0.4, -0.2) is 49.5 Å². The predicted octanol–water partition coefficient (Wildman–Crippen LogP) is 2.55. The summed E-state index contributed by atoms with van der Waals surface area (Å²) in [7, 11) is 0. The van der Waals surface area contributed by atoms with Crippen LogP contribution in [0.2, 0.25) is 0 Å². The first-order valence-corrected chi connectivity index (χ1v) is 9.53. The number of rotatable bonds is 3. The van der Waals surface area contributed by atoms with Crippen LogP contribution in [-0.2, 0) is 26.3 Å². The summed E-state index contributed by atoms with van der Waals surface area (Å²) in [4.78, 5) is 40.6. The molecule has 0 bridgehead atoms. The highest BCUT2D eigenvalue weighted by Gasteiger charge is 2.39. The zero-order chi connectivity index (χ0) is 20.0. The van der Waals surface area contributed by atoms with Crippen LogP contribution in [0.15, 0.2) is 6.33 Å². The molecule has 0 unspecified atom stereocenters. The van der Waals surface area contributed by atoms with E-state index >= 15 is 0 Å². The van der Waals surface area contributed by atoms with Crippen molar-refractivity contribution in [1.29, 1.82) is 0 Å². The fraction of sp³-hybridized carbons (Fsp3) is 0.684. The van der Waals surface area contributed by atoms with Crippen LogP contribution in [0.1, 0.15) is 70.2 Å². The smallest absolute Gasteiger partial charge is 0.414 e. The minimum absolute atomic E-state index is 0.281. The van der Waals surface area contributed by atoms with E-state index in [9.17, 15) is 4.79 Å². The Balaban J connectivity index is 0.000000380. The molecule has 8 heteroatoms. The van der Waals surface area contributed by atoms with Gasteiger partial charge in [-0.15, -0.1) is 0 Å². The first-order valence-electron chi connectivity index (χ1n) is 9.53. The first-order chi connectivity index (χ1) is 12.7. The van der Waals surface area contributed by atoms with Crippen LogP contribution in [0.25, 0.3) is 0 Å². The number of aliphatic carboxylic acids is 2. The van der Waals surface area contributed by atoms with E-state index in [-0.39, 0.29) is 5.54 Å². The Hall–Kier alpha value is -2.38. The normalized spacial score (nSPS) is 18.8. The summed E-state index contributed by atoms with van der Waals surface area (Å²) in [5, 5.41) is 14.8. The van der Waals surface area contributed by atoms with Crippen LogP contribution >= 0.6 is 0 Å². The monoisotopic (exact) mass is 379 g/mol. The number of H-pyrrole nitrogens is 1.